The van der Waals surface area contributed by atoms with Crippen LogP contribution in [0.5, 0.6) is 5.75 Å². The van der Waals surface area contributed by atoms with E-state index in [1.807, 2.05) is 0 Å². The van der Waals surface area contributed by atoms with E-state index >= 15 is 0 Å². The van der Waals surface area contributed by atoms with Gasteiger partial charge in [-0.05, 0) is 37.0 Å². The van der Waals surface area contributed by atoms with Crippen molar-refractivity contribution in [3.8, 4) is 5.75 Å². The van der Waals surface area contributed by atoms with Crippen LogP contribution in [0, 0.1) is 0 Å². The molecule has 0 saturated heterocycles. The lowest BCUT2D eigenvalue weighted by Crippen LogP contribution is -2.44. The van der Waals surface area contributed by atoms with Gasteiger partial charge >= 0.3 is 6.18 Å². The van der Waals surface area contributed by atoms with Gasteiger partial charge in [0.05, 0.1) is 6.61 Å². The summed E-state index contributed by atoms with van der Waals surface area (Å²) >= 11 is 0. The molecule has 1 fully saturated rings. The highest BCUT2D eigenvalue weighted by Gasteiger charge is 2.62. The lowest BCUT2D eigenvalue weighted by molar-refractivity contribution is -0.166. The van der Waals surface area contributed by atoms with E-state index in [9.17, 15) is 13.2 Å². The van der Waals surface area contributed by atoms with Crippen molar-refractivity contribution in [3.05, 3.63) is 29.8 Å². The van der Waals surface area contributed by atoms with Gasteiger partial charge < -0.3 is 4.74 Å². The number of halogens is 3. The van der Waals surface area contributed by atoms with Crippen LogP contribution in [0.4, 0.5) is 13.2 Å². The Morgan fingerprint density at radius 2 is 1.85 bits per heavy atom. The van der Waals surface area contributed by atoms with Gasteiger partial charge in [0, 0.05) is 6.54 Å². The third kappa shape index (κ3) is 3.66. The molecule has 0 aliphatic heterocycles. The second-order valence-electron chi connectivity index (χ2n) is 5.28. The quantitative estimate of drug-likeness (QED) is 0.764. The highest BCUT2D eigenvalue weighted by atomic mass is 19.4. The fourth-order valence-corrected chi connectivity index (χ4v) is 1.99. The minimum Gasteiger partial charge on any atom is -0.494 e. The first-order valence-electron chi connectivity index (χ1n) is 7.00. The molecule has 0 atom stereocenters. The number of alkyl halides is 3. The molecule has 2 rings (SSSR count). The molecule has 1 aromatic rings. The van der Waals surface area contributed by atoms with E-state index in [2.05, 4.69) is 12.2 Å². The van der Waals surface area contributed by atoms with Crippen LogP contribution in [0.25, 0.3) is 0 Å². The maximum atomic E-state index is 12.8. The van der Waals surface area contributed by atoms with Crippen molar-refractivity contribution < 1.29 is 17.9 Å². The average molecular weight is 287 g/mol. The summed E-state index contributed by atoms with van der Waals surface area (Å²) in [6.45, 7) is 2.99. The first-order chi connectivity index (χ1) is 9.47. The third-order valence-corrected chi connectivity index (χ3v) is 3.61. The Labute approximate surface area is 117 Å². The van der Waals surface area contributed by atoms with Crippen LogP contribution in [0.3, 0.4) is 0 Å². The van der Waals surface area contributed by atoms with Gasteiger partial charge in [-0.1, -0.05) is 25.5 Å². The maximum absolute atomic E-state index is 12.8. The minimum atomic E-state index is -4.16. The number of unbranched alkanes of at least 4 members (excludes halogenated alkanes) is 1. The van der Waals surface area contributed by atoms with Crippen LogP contribution in [0.1, 0.15) is 38.2 Å². The van der Waals surface area contributed by atoms with Gasteiger partial charge in [-0.3, -0.25) is 5.32 Å². The molecule has 1 aromatic carbocycles. The van der Waals surface area contributed by atoms with Gasteiger partial charge in [0.15, 0.2) is 0 Å². The molecule has 112 valence electrons. The topological polar surface area (TPSA) is 21.3 Å². The van der Waals surface area contributed by atoms with Gasteiger partial charge in [-0.2, -0.15) is 13.2 Å². The summed E-state index contributed by atoms with van der Waals surface area (Å²) in [6.07, 6.45) is -1.74. The van der Waals surface area contributed by atoms with Crippen molar-refractivity contribution in [1.82, 2.24) is 5.32 Å². The SMILES string of the molecule is CCCCOc1ccc(CNC2(C(F)(F)F)CC2)cc1. The van der Waals surface area contributed by atoms with Gasteiger partial charge in [-0.15, -0.1) is 0 Å². The number of hydrogen-bond acceptors (Lipinski definition) is 2. The Morgan fingerprint density at radius 1 is 1.20 bits per heavy atom. The molecule has 0 spiro atoms. The van der Waals surface area contributed by atoms with E-state index in [0.717, 1.165) is 24.2 Å². The maximum Gasteiger partial charge on any atom is 0.406 e. The Morgan fingerprint density at radius 3 is 2.35 bits per heavy atom. The third-order valence-electron chi connectivity index (χ3n) is 3.61. The van der Waals surface area contributed by atoms with Crippen LogP contribution >= 0.6 is 0 Å². The number of hydrogen-bond donors (Lipinski definition) is 1. The molecular weight excluding hydrogens is 267 g/mol. The predicted octanol–water partition coefficient (Wildman–Crippen LogP) is 4.05. The highest BCUT2D eigenvalue weighted by molar-refractivity contribution is 5.27. The lowest BCUT2D eigenvalue weighted by atomic mass is 10.2. The Bertz CT molecular complexity index is 424. The predicted molar refractivity (Wildman–Crippen MR) is 71.7 cm³/mol. The van der Waals surface area contributed by atoms with Crippen molar-refractivity contribution in [2.75, 3.05) is 6.61 Å². The van der Waals surface area contributed by atoms with Crippen LogP contribution in [0.2, 0.25) is 0 Å². The molecule has 0 aromatic heterocycles. The summed E-state index contributed by atoms with van der Waals surface area (Å²) in [7, 11) is 0. The zero-order valence-electron chi connectivity index (χ0n) is 11.6. The summed E-state index contributed by atoms with van der Waals surface area (Å²) in [5, 5.41) is 2.63. The molecule has 0 unspecified atom stereocenters. The number of ether oxygens (including phenoxy) is 1. The smallest absolute Gasteiger partial charge is 0.406 e. The molecule has 0 bridgehead atoms. The molecule has 0 radical (unpaired) electrons. The molecule has 1 saturated carbocycles. The zero-order valence-corrected chi connectivity index (χ0v) is 11.6. The summed E-state index contributed by atoms with van der Waals surface area (Å²) in [5.41, 5.74) is -0.813. The molecular formula is C15H20F3NO. The monoisotopic (exact) mass is 287 g/mol. The van der Waals surface area contributed by atoms with Gasteiger partial charge in [0.1, 0.15) is 11.3 Å². The molecule has 2 nitrogen and oxygen atoms in total. The van der Waals surface area contributed by atoms with Crippen molar-refractivity contribution in [2.45, 2.75) is 50.9 Å². The zero-order chi connectivity index (χ0) is 14.6. The molecule has 1 N–H and O–H groups in total. The normalized spacial score (nSPS) is 17.0. The van der Waals surface area contributed by atoms with Crippen molar-refractivity contribution >= 4 is 0 Å². The second-order valence-corrected chi connectivity index (χ2v) is 5.28. The average Bonchev–Trinajstić information content (AvgIpc) is 3.19. The Kier molecular flexibility index (Phi) is 4.58. The number of nitrogens with one attached hydrogen (secondary N) is 1. The van der Waals surface area contributed by atoms with E-state index in [1.165, 1.54) is 0 Å². The Hall–Kier alpha value is -1.23. The molecule has 1 aliphatic rings. The standard InChI is InChI=1S/C15H20F3NO/c1-2-3-10-20-13-6-4-12(5-7-13)11-19-14(8-9-14)15(16,17)18/h4-7,19H,2-3,8-11H2,1H3. The van der Waals surface area contributed by atoms with Gasteiger partial charge in [0.2, 0.25) is 0 Å². The fourth-order valence-electron chi connectivity index (χ4n) is 1.99. The minimum absolute atomic E-state index is 0.175. The van der Waals surface area contributed by atoms with E-state index in [0.29, 0.717) is 6.61 Å². The van der Waals surface area contributed by atoms with Crippen LogP contribution < -0.4 is 10.1 Å². The van der Waals surface area contributed by atoms with Crippen molar-refractivity contribution in [3.63, 3.8) is 0 Å². The van der Waals surface area contributed by atoms with Crippen LogP contribution in [-0.4, -0.2) is 18.3 Å². The molecule has 1 aliphatic carbocycles. The van der Waals surface area contributed by atoms with Gasteiger partial charge in [0.25, 0.3) is 0 Å². The summed E-state index contributed by atoms with van der Waals surface area (Å²) in [5.74, 6) is 0.763. The number of benzene rings is 1. The molecule has 0 heterocycles. The largest absolute Gasteiger partial charge is 0.494 e. The highest BCUT2D eigenvalue weighted by Crippen LogP contribution is 2.49. The summed E-state index contributed by atoms with van der Waals surface area (Å²) < 4.78 is 43.8. The lowest BCUT2D eigenvalue weighted by Gasteiger charge is -2.20. The van der Waals surface area contributed by atoms with Crippen LogP contribution in [-0.2, 0) is 6.54 Å². The van der Waals surface area contributed by atoms with E-state index < -0.39 is 11.7 Å². The van der Waals surface area contributed by atoms with E-state index in [4.69, 9.17) is 4.74 Å². The summed E-state index contributed by atoms with van der Waals surface area (Å²) in [4.78, 5) is 0. The summed E-state index contributed by atoms with van der Waals surface area (Å²) in [6, 6.07) is 7.22. The fraction of sp³-hybridized carbons (Fsp3) is 0.600. The van der Waals surface area contributed by atoms with Gasteiger partial charge in [-0.25, -0.2) is 0 Å². The molecule has 0 amide bonds. The Balaban J connectivity index is 1.82. The van der Waals surface area contributed by atoms with Crippen molar-refractivity contribution in [2.24, 2.45) is 0 Å². The van der Waals surface area contributed by atoms with Crippen LogP contribution in [0.15, 0.2) is 24.3 Å². The first-order valence-corrected chi connectivity index (χ1v) is 7.00. The molecule has 20 heavy (non-hydrogen) atoms. The second kappa shape index (κ2) is 6.04. The number of rotatable bonds is 7. The van der Waals surface area contributed by atoms with E-state index in [1.54, 1.807) is 24.3 Å². The van der Waals surface area contributed by atoms with E-state index in [-0.39, 0.29) is 19.4 Å². The first kappa shape index (κ1) is 15.2. The van der Waals surface area contributed by atoms with Crippen molar-refractivity contribution in [1.29, 1.82) is 0 Å². The molecule has 5 heteroatoms.